The number of pyridine rings is 2. The Morgan fingerprint density at radius 1 is 1.06 bits per heavy atom. The average molecular weight is 649 g/mol. The maximum absolute atomic E-state index is 16.3. The van der Waals surface area contributed by atoms with Gasteiger partial charge in [0.2, 0.25) is 0 Å². The molecule has 6 rings (SSSR count). The number of piperazine rings is 1. The van der Waals surface area contributed by atoms with E-state index in [9.17, 15) is 9.59 Å². The van der Waals surface area contributed by atoms with Crippen LogP contribution in [0.15, 0.2) is 35.3 Å². The van der Waals surface area contributed by atoms with Gasteiger partial charge in [-0.2, -0.15) is 4.98 Å². The molecule has 0 spiro atoms. The number of ether oxygens (including phenoxy) is 3. The standard InChI is InChI=1S/C34H38F2N6O5/c1-18(2)26-28(19(3)10-11-37-26)42-31-21(16-23(36)27(38-31)25-22(35)8-9-24-29(25)46-15-14-45-24)30(39-32(42)43)41-13-12-40(17-20(41)4)33(44)47-34(5,6)7/h8-11,16,18,20H,12-15,17H2,1-7H3/t20-/m0/s1. The zero-order valence-corrected chi connectivity index (χ0v) is 27.6. The Balaban J connectivity index is 1.58. The molecule has 1 atom stereocenters. The maximum Gasteiger partial charge on any atom is 0.410 e. The first-order chi connectivity index (χ1) is 22.2. The second kappa shape index (κ2) is 12.1. The summed E-state index contributed by atoms with van der Waals surface area (Å²) in [5.74, 6) is -1.16. The number of fused-ring (bicyclic) bond motifs is 2. The van der Waals surface area contributed by atoms with Gasteiger partial charge in [-0.05, 0) is 70.4 Å². The third-order valence-electron chi connectivity index (χ3n) is 8.17. The summed E-state index contributed by atoms with van der Waals surface area (Å²) in [5.41, 5.74) is 0.0399. The minimum atomic E-state index is -0.834. The van der Waals surface area contributed by atoms with Crippen molar-refractivity contribution in [3.05, 3.63) is 63.8 Å². The second-order valence-electron chi connectivity index (χ2n) is 13.2. The lowest BCUT2D eigenvalue weighted by atomic mass is 10.0. The van der Waals surface area contributed by atoms with E-state index in [4.69, 9.17) is 19.2 Å². The second-order valence-corrected chi connectivity index (χ2v) is 13.2. The maximum atomic E-state index is 16.3. The van der Waals surface area contributed by atoms with E-state index in [1.165, 1.54) is 22.8 Å². The molecule has 3 aromatic heterocycles. The minimum absolute atomic E-state index is 0.0393. The molecule has 0 aliphatic carbocycles. The Hall–Kier alpha value is -4.81. The summed E-state index contributed by atoms with van der Waals surface area (Å²) in [4.78, 5) is 44.2. The van der Waals surface area contributed by atoms with Gasteiger partial charge in [0.25, 0.3) is 0 Å². The van der Waals surface area contributed by atoms with Crippen molar-refractivity contribution in [3.63, 3.8) is 0 Å². The first-order valence-corrected chi connectivity index (χ1v) is 15.7. The molecule has 2 aliphatic heterocycles. The van der Waals surface area contributed by atoms with Crippen LogP contribution in [0, 0.1) is 18.6 Å². The summed E-state index contributed by atoms with van der Waals surface area (Å²) in [6, 6.07) is 5.28. The van der Waals surface area contributed by atoms with Crippen molar-refractivity contribution in [2.75, 3.05) is 37.7 Å². The molecule has 13 heteroatoms. The third kappa shape index (κ3) is 5.94. The number of carbonyl (C=O) groups excluding carboxylic acids is 1. The Labute approximate surface area is 271 Å². The number of aromatic nitrogens is 4. The van der Waals surface area contributed by atoms with E-state index in [0.717, 1.165) is 5.56 Å². The van der Waals surface area contributed by atoms with Gasteiger partial charge in [0, 0.05) is 31.9 Å². The predicted octanol–water partition coefficient (Wildman–Crippen LogP) is 5.77. The largest absolute Gasteiger partial charge is 0.486 e. The summed E-state index contributed by atoms with van der Waals surface area (Å²) in [6.45, 7) is 14.3. The average Bonchev–Trinajstić information content (AvgIpc) is 3.00. The number of carbonyl (C=O) groups is 1. The first kappa shape index (κ1) is 32.1. The molecule has 0 saturated carbocycles. The Kier molecular flexibility index (Phi) is 8.27. The third-order valence-corrected chi connectivity index (χ3v) is 8.17. The summed E-state index contributed by atoms with van der Waals surface area (Å²) in [6.07, 6.45) is 1.22. The van der Waals surface area contributed by atoms with Gasteiger partial charge >= 0.3 is 11.8 Å². The highest BCUT2D eigenvalue weighted by atomic mass is 19.1. The number of benzene rings is 1. The highest BCUT2D eigenvalue weighted by Gasteiger charge is 2.34. The fourth-order valence-corrected chi connectivity index (χ4v) is 6.06. The van der Waals surface area contributed by atoms with Crippen LogP contribution < -0.4 is 20.1 Å². The smallest absolute Gasteiger partial charge is 0.410 e. The van der Waals surface area contributed by atoms with Crippen LogP contribution in [0.25, 0.3) is 28.0 Å². The van der Waals surface area contributed by atoms with Crippen molar-refractivity contribution in [2.24, 2.45) is 0 Å². The molecule has 0 N–H and O–H groups in total. The molecule has 11 nitrogen and oxygen atoms in total. The van der Waals surface area contributed by atoms with Crippen LogP contribution in [0.4, 0.5) is 19.4 Å². The van der Waals surface area contributed by atoms with Crippen LogP contribution in [0.3, 0.4) is 0 Å². The summed E-state index contributed by atoms with van der Waals surface area (Å²) < 4.78 is 50.1. The molecule has 1 amide bonds. The van der Waals surface area contributed by atoms with Crippen molar-refractivity contribution in [1.82, 2.24) is 24.4 Å². The molecule has 0 bridgehead atoms. The molecule has 4 aromatic rings. The van der Waals surface area contributed by atoms with Crippen molar-refractivity contribution in [1.29, 1.82) is 0 Å². The van der Waals surface area contributed by atoms with E-state index in [-0.39, 0.29) is 77.9 Å². The van der Waals surface area contributed by atoms with E-state index in [0.29, 0.717) is 17.9 Å². The first-order valence-electron chi connectivity index (χ1n) is 15.7. The van der Waals surface area contributed by atoms with Gasteiger partial charge in [-0.25, -0.2) is 27.9 Å². The number of aryl methyl sites for hydroxylation is 1. The van der Waals surface area contributed by atoms with Crippen molar-refractivity contribution in [2.45, 2.75) is 66.0 Å². The summed E-state index contributed by atoms with van der Waals surface area (Å²) in [5, 5.41) is 0.240. The van der Waals surface area contributed by atoms with Crippen LogP contribution in [0.5, 0.6) is 11.5 Å². The Morgan fingerprint density at radius 2 is 1.81 bits per heavy atom. The van der Waals surface area contributed by atoms with Crippen molar-refractivity contribution >= 4 is 22.9 Å². The SMILES string of the molecule is Cc1ccnc(C(C)C)c1-n1c(=O)nc(N2CCN(C(=O)OC(C)(C)C)C[C@@H]2C)c2cc(F)c(-c3c(F)ccc4c3OCCO4)nc21. The van der Waals surface area contributed by atoms with E-state index < -0.39 is 29.0 Å². The fraction of sp³-hybridized carbons (Fsp3) is 0.441. The van der Waals surface area contributed by atoms with E-state index in [1.807, 2.05) is 32.6 Å². The molecule has 1 aromatic carbocycles. The summed E-state index contributed by atoms with van der Waals surface area (Å²) >= 11 is 0. The number of amides is 1. The molecule has 1 fully saturated rings. The van der Waals surface area contributed by atoms with Gasteiger partial charge in [0.05, 0.1) is 22.3 Å². The highest BCUT2D eigenvalue weighted by Crippen LogP contribution is 2.43. The lowest BCUT2D eigenvalue weighted by Crippen LogP contribution is -2.55. The van der Waals surface area contributed by atoms with Crippen molar-refractivity contribution < 1.29 is 27.8 Å². The van der Waals surface area contributed by atoms with Gasteiger partial charge < -0.3 is 24.0 Å². The monoisotopic (exact) mass is 648 g/mol. The molecular weight excluding hydrogens is 610 g/mol. The zero-order valence-electron chi connectivity index (χ0n) is 27.6. The summed E-state index contributed by atoms with van der Waals surface area (Å²) in [7, 11) is 0. The molecule has 5 heterocycles. The topological polar surface area (TPSA) is 112 Å². The molecule has 0 unspecified atom stereocenters. The van der Waals surface area contributed by atoms with E-state index in [1.54, 1.807) is 37.9 Å². The van der Waals surface area contributed by atoms with Gasteiger partial charge in [0.15, 0.2) is 23.0 Å². The van der Waals surface area contributed by atoms with Gasteiger partial charge in [0.1, 0.15) is 36.1 Å². The highest BCUT2D eigenvalue weighted by molar-refractivity contribution is 5.91. The van der Waals surface area contributed by atoms with Crippen LogP contribution >= 0.6 is 0 Å². The van der Waals surface area contributed by atoms with Gasteiger partial charge in [-0.3, -0.25) is 4.98 Å². The van der Waals surface area contributed by atoms with Crippen molar-refractivity contribution in [3.8, 4) is 28.4 Å². The number of rotatable bonds is 4. The van der Waals surface area contributed by atoms with Gasteiger partial charge in [-0.15, -0.1) is 0 Å². The number of hydrogen-bond donors (Lipinski definition) is 0. The molecule has 1 saturated heterocycles. The quantitative estimate of drug-likeness (QED) is 0.272. The molecule has 0 radical (unpaired) electrons. The number of anilines is 1. The minimum Gasteiger partial charge on any atom is -0.486 e. The molecule has 248 valence electrons. The van der Waals surface area contributed by atoms with E-state index in [2.05, 4.69) is 9.97 Å². The number of hydrogen-bond acceptors (Lipinski definition) is 9. The lowest BCUT2D eigenvalue weighted by molar-refractivity contribution is 0.0218. The van der Waals surface area contributed by atoms with Crippen LogP contribution in [0.1, 0.15) is 58.7 Å². The molecular formula is C34H38F2N6O5. The van der Waals surface area contributed by atoms with Crippen LogP contribution in [-0.2, 0) is 4.74 Å². The van der Waals surface area contributed by atoms with Gasteiger partial charge in [-0.1, -0.05) is 13.8 Å². The van der Waals surface area contributed by atoms with Crippen LogP contribution in [0.2, 0.25) is 0 Å². The number of nitrogens with zero attached hydrogens (tertiary/aromatic N) is 6. The zero-order chi connectivity index (χ0) is 33.8. The number of halogens is 2. The molecule has 47 heavy (non-hydrogen) atoms. The lowest BCUT2D eigenvalue weighted by Gasteiger charge is -2.41. The van der Waals surface area contributed by atoms with E-state index >= 15 is 8.78 Å². The Morgan fingerprint density at radius 3 is 2.51 bits per heavy atom. The normalized spacial score (nSPS) is 16.6. The molecule has 2 aliphatic rings. The predicted molar refractivity (Wildman–Crippen MR) is 173 cm³/mol. The van der Waals surface area contributed by atoms with Crippen LogP contribution in [-0.4, -0.2) is 75.0 Å². The fourth-order valence-electron chi connectivity index (χ4n) is 6.06. The Bertz CT molecular complexity index is 1940.